The first-order valence-corrected chi connectivity index (χ1v) is 18.2. The molecule has 4 aromatic rings. The number of ether oxygens (including phenoxy) is 2. The lowest BCUT2D eigenvalue weighted by Crippen LogP contribution is -2.37. The number of rotatable bonds is 2. The Kier molecular flexibility index (Phi) is 8.38. The molecule has 16 nitrogen and oxygen atoms in total. The Morgan fingerprint density at radius 2 is 1.29 bits per heavy atom. The monoisotopic (exact) mass is 736 g/mol. The molecule has 0 amide bonds. The van der Waals surface area contributed by atoms with E-state index in [2.05, 4.69) is 9.97 Å². The first kappa shape index (κ1) is 33.7. The van der Waals surface area contributed by atoms with Crippen LogP contribution in [0.3, 0.4) is 0 Å². The lowest BCUT2D eigenvalue weighted by atomic mass is 10.1. The maximum absolute atomic E-state index is 16.1. The van der Waals surface area contributed by atoms with Gasteiger partial charge in [0.1, 0.15) is 35.2 Å². The normalized spacial score (nSPS) is 36.1. The molecule has 3 aliphatic rings. The maximum Gasteiger partial charge on any atom is 0.325 e. The van der Waals surface area contributed by atoms with Gasteiger partial charge in [-0.1, -0.05) is 0 Å². The van der Waals surface area contributed by atoms with E-state index < -0.39 is 110 Å². The summed E-state index contributed by atoms with van der Waals surface area (Å²) in [7, 11) is 3.72. The summed E-state index contributed by atoms with van der Waals surface area (Å²) in [5.41, 5.74) is -2.06. The van der Waals surface area contributed by atoms with E-state index in [-0.39, 0.29) is 11.3 Å². The Bertz CT molecular complexity index is 2020. The van der Waals surface area contributed by atoms with Crippen molar-refractivity contribution in [2.45, 2.75) is 49.2 Å². The molecule has 10 atom stereocenters. The number of hydrogen-bond acceptors (Lipinski definition) is 12. The van der Waals surface area contributed by atoms with Crippen molar-refractivity contribution in [2.75, 3.05) is 13.2 Å². The van der Waals surface area contributed by atoms with Crippen LogP contribution in [0.1, 0.15) is 12.5 Å². The van der Waals surface area contributed by atoms with Crippen LogP contribution in [0.25, 0.3) is 22.1 Å². The van der Waals surface area contributed by atoms with E-state index in [1.54, 1.807) is 0 Å². The van der Waals surface area contributed by atoms with Gasteiger partial charge < -0.3 is 37.1 Å². The number of fused-ring (bicyclic) bond motifs is 4. The molecular formula is C24H23BF4N6O10P2S. The quantitative estimate of drug-likeness (QED) is 0.179. The molecule has 0 bridgehead atoms. The molecule has 7 heterocycles. The predicted molar refractivity (Wildman–Crippen MR) is 159 cm³/mol. The van der Waals surface area contributed by atoms with Crippen LogP contribution >= 0.6 is 14.2 Å². The molecule has 4 aromatic heterocycles. The van der Waals surface area contributed by atoms with Crippen molar-refractivity contribution >= 4 is 55.6 Å². The molecule has 3 saturated heterocycles. The van der Waals surface area contributed by atoms with E-state index in [1.807, 2.05) is 0 Å². The van der Waals surface area contributed by atoms with Crippen LogP contribution in [0.15, 0.2) is 34.6 Å². The largest absolute Gasteiger partial charge is 0.346 e. The zero-order valence-electron chi connectivity index (χ0n) is 24.5. The molecule has 0 saturated carbocycles. The molecule has 2 radical (unpaired) electrons. The number of nitrogens with zero attached hydrogens (tertiary/aromatic N) is 6. The van der Waals surface area contributed by atoms with Crippen LogP contribution in [0.4, 0.5) is 17.6 Å². The fourth-order valence-corrected chi connectivity index (χ4v) is 8.28. The van der Waals surface area contributed by atoms with Crippen LogP contribution in [-0.4, -0.2) is 90.7 Å². The number of alkyl halides is 2. The fraction of sp³-hybridized carbons (Fsp3) is 0.500. The molecule has 0 spiro atoms. The van der Waals surface area contributed by atoms with Crippen LogP contribution < -0.4 is 11.1 Å². The van der Waals surface area contributed by atoms with Gasteiger partial charge in [0.25, 0.3) is 18.6 Å². The van der Waals surface area contributed by atoms with Gasteiger partial charge in [-0.2, -0.15) is 0 Å². The summed E-state index contributed by atoms with van der Waals surface area (Å²) >= 11 is 5.08. The molecular weight excluding hydrogens is 713 g/mol. The van der Waals surface area contributed by atoms with Crippen molar-refractivity contribution in [3.8, 4) is 0 Å². The predicted octanol–water partition coefficient (Wildman–Crippen LogP) is 1.54. The molecule has 1 N–H and O–H groups in total. The zero-order valence-corrected chi connectivity index (χ0v) is 27.1. The van der Waals surface area contributed by atoms with Gasteiger partial charge >= 0.3 is 6.72 Å². The van der Waals surface area contributed by atoms with Gasteiger partial charge in [-0.05, 0) is 11.8 Å². The van der Waals surface area contributed by atoms with Crippen LogP contribution in [-0.2, 0) is 58.0 Å². The van der Waals surface area contributed by atoms with Crippen molar-refractivity contribution in [2.24, 2.45) is 14.1 Å². The molecule has 7 rings (SSSR count). The standard InChI is InChI=1S/C24H23BF4N6O10P2S/c1-32-7-30-19-13(21(32)36)9(26)3-34(19)23-15(28)17-12(43-23)6-41-47(39,48)45-18-11(5-40-46(25,38)44-17)42-24(16(18)29)35-4-10(27)14-20(35)31-8-33(2)22(14)37/h3-4,7-8,11-12,15-18,23-24H,5-6H2,1-2H3,(H,39,48)/t11-,12-,15?,16?,17?,18?,23-,24-,46?,47?/m1/s1. The third-order valence-electron chi connectivity index (χ3n) is 8.12. The molecule has 24 heteroatoms. The zero-order chi connectivity index (χ0) is 34.4. The van der Waals surface area contributed by atoms with Gasteiger partial charge in [0.2, 0.25) is 7.57 Å². The first-order chi connectivity index (χ1) is 22.6. The summed E-state index contributed by atoms with van der Waals surface area (Å²) < 4.78 is 112. The fourth-order valence-electron chi connectivity index (χ4n) is 5.84. The number of aromatic nitrogens is 6. The Labute approximate surface area is 272 Å². The molecule has 256 valence electrons. The molecule has 3 fully saturated rings. The first-order valence-electron chi connectivity index (χ1n) is 14.0. The Hall–Kier alpha value is -2.78. The third-order valence-corrected chi connectivity index (χ3v) is 10.7. The summed E-state index contributed by atoms with van der Waals surface area (Å²) in [5, 5.41) is -0.903. The van der Waals surface area contributed by atoms with Gasteiger partial charge in [-0.3, -0.25) is 27.8 Å². The van der Waals surface area contributed by atoms with Gasteiger partial charge in [0.15, 0.2) is 47.7 Å². The van der Waals surface area contributed by atoms with Gasteiger partial charge in [0.05, 0.1) is 25.9 Å². The van der Waals surface area contributed by atoms with Crippen LogP contribution in [0.2, 0.25) is 0 Å². The maximum atomic E-state index is 16.1. The minimum atomic E-state index is -4.75. The SMILES string of the molecule is [B]P1(=O)OC[C@H]2O[C@@H](n3cc(F)c4c(=O)n(C)cnc43)C(F)C2OP(O)(=S)OC[C@H]2O[C@@H](n3cc(F)c4c(=O)n(C)cnc43)C(F)C2O1. The molecule has 6 unspecified atom stereocenters. The molecule has 3 aliphatic heterocycles. The summed E-state index contributed by atoms with van der Waals surface area (Å²) in [6, 6.07) is 0. The summed E-state index contributed by atoms with van der Waals surface area (Å²) in [4.78, 5) is 43.9. The summed E-state index contributed by atoms with van der Waals surface area (Å²) in [6.45, 7) is -6.08. The van der Waals surface area contributed by atoms with E-state index in [0.717, 1.165) is 43.3 Å². The average molecular weight is 736 g/mol. The van der Waals surface area contributed by atoms with Crippen molar-refractivity contribution in [1.29, 1.82) is 0 Å². The Balaban J connectivity index is 1.18. The number of aryl methyl sites for hydroxylation is 2. The lowest BCUT2D eigenvalue weighted by molar-refractivity contribution is -0.0565. The van der Waals surface area contributed by atoms with E-state index in [4.69, 9.17) is 46.9 Å². The minimum absolute atomic E-state index is 0.270. The van der Waals surface area contributed by atoms with Crippen LogP contribution in [0, 0.1) is 11.6 Å². The van der Waals surface area contributed by atoms with Crippen molar-refractivity contribution in [3.05, 3.63) is 57.4 Å². The number of hydrogen-bond donors (Lipinski definition) is 1. The highest BCUT2D eigenvalue weighted by molar-refractivity contribution is 8.07. The second-order valence-electron chi connectivity index (χ2n) is 11.2. The summed E-state index contributed by atoms with van der Waals surface area (Å²) in [6.07, 6.45) is -11.0. The van der Waals surface area contributed by atoms with E-state index in [9.17, 15) is 27.8 Å². The smallest absolute Gasteiger partial charge is 0.325 e. The highest BCUT2D eigenvalue weighted by atomic mass is 32.5. The summed E-state index contributed by atoms with van der Waals surface area (Å²) in [5.74, 6) is -2.04. The van der Waals surface area contributed by atoms with Crippen LogP contribution in [0.5, 0.6) is 0 Å². The Morgan fingerprint density at radius 3 is 1.77 bits per heavy atom. The van der Waals surface area contributed by atoms with Gasteiger partial charge in [-0.25, -0.2) is 27.5 Å². The highest BCUT2D eigenvalue weighted by Gasteiger charge is 2.54. The van der Waals surface area contributed by atoms with Crippen molar-refractivity contribution in [1.82, 2.24) is 28.2 Å². The molecule has 0 aliphatic carbocycles. The van der Waals surface area contributed by atoms with E-state index in [1.165, 1.54) is 14.1 Å². The molecule has 48 heavy (non-hydrogen) atoms. The van der Waals surface area contributed by atoms with E-state index >= 15 is 8.78 Å². The topological polar surface area (TPSA) is 172 Å². The average Bonchev–Trinajstić information content (AvgIpc) is 3.72. The Morgan fingerprint density at radius 1 is 0.854 bits per heavy atom. The highest BCUT2D eigenvalue weighted by Crippen LogP contribution is 2.54. The third kappa shape index (κ3) is 5.61. The second-order valence-corrected chi connectivity index (χ2v) is 15.6. The van der Waals surface area contributed by atoms with E-state index in [0.29, 0.717) is 0 Å². The van der Waals surface area contributed by atoms with Gasteiger partial charge in [0, 0.05) is 26.5 Å². The van der Waals surface area contributed by atoms with Gasteiger partial charge in [-0.15, -0.1) is 0 Å². The van der Waals surface area contributed by atoms with Crippen molar-refractivity contribution < 1.29 is 54.6 Å². The second kappa shape index (κ2) is 11.9. The minimum Gasteiger partial charge on any atom is -0.346 e. The van der Waals surface area contributed by atoms with Crippen molar-refractivity contribution in [3.63, 3.8) is 0 Å². The lowest BCUT2D eigenvalue weighted by Gasteiger charge is -2.29. The number of halogens is 4. The molecule has 0 aromatic carbocycles.